The van der Waals surface area contributed by atoms with Crippen LogP contribution in [0, 0.1) is 63.6 Å². The van der Waals surface area contributed by atoms with E-state index in [0.29, 0.717) is 55.3 Å². The Bertz CT molecular complexity index is 1510. The molecule has 7 aliphatic rings. The van der Waals surface area contributed by atoms with E-state index in [9.17, 15) is 31.6 Å². The van der Waals surface area contributed by atoms with Crippen LogP contribution in [-0.4, -0.2) is 75.5 Å². The molecule has 7 fully saturated rings. The van der Waals surface area contributed by atoms with Crippen LogP contribution in [0.4, 0.5) is 8.78 Å². The molecule has 0 amide bonds. The van der Waals surface area contributed by atoms with Crippen molar-refractivity contribution < 1.29 is 59.8 Å². The molecule has 0 aromatic carbocycles. The SMILES string of the molecule is CCC1CCC2(C(=O)OCC3(COC(=O)C4CC5CC(C)CC(C5)C4)COC(C4CC5CCCC(C(=O)OCC(F)(F)S(=O)(=O)O)(C5)C4)OC3)CCCC1C2. The van der Waals surface area contributed by atoms with Crippen molar-refractivity contribution in [3.63, 3.8) is 0 Å². The summed E-state index contributed by atoms with van der Waals surface area (Å²) in [6.07, 6.45) is 14.4. The van der Waals surface area contributed by atoms with Crippen molar-refractivity contribution in [1.29, 1.82) is 0 Å². The summed E-state index contributed by atoms with van der Waals surface area (Å²) in [5, 5.41) is -4.62. The van der Waals surface area contributed by atoms with Crippen LogP contribution in [0.25, 0.3) is 0 Å². The Kier molecular flexibility index (Phi) is 12.0. The fraction of sp³-hybridized carbons (Fsp3) is 0.927. The lowest BCUT2D eigenvalue weighted by atomic mass is 9.58. The maximum Gasteiger partial charge on any atom is 0.402 e. The molecule has 55 heavy (non-hydrogen) atoms. The van der Waals surface area contributed by atoms with Gasteiger partial charge in [-0.15, -0.1) is 0 Å². The second-order valence-electron chi connectivity index (χ2n) is 19.4. The van der Waals surface area contributed by atoms with Crippen LogP contribution in [0.3, 0.4) is 0 Å². The van der Waals surface area contributed by atoms with Crippen LogP contribution in [0.5, 0.6) is 0 Å². The van der Waals surface area contributed by atoms with Crippen molar-refractivity contribution >= 4 is 28.0 Å². The molecule has 312 valence electrons. The third-order valence-corrected chi connectivity index (χ3v) is 16.0. The van der Waals surface area contributed by atoms with Gasteiger partial charge in [-0.3, -0.25) is 18.9 Å². The van der Waals surface area contributed by atoms with Gasteiger partial charge in [-0.25, -0.2) is 0 Å². The first-order valence-electron chi connectivity index (χ1n) is 21.1. The molecule has 14 heteroatoms. The van der Waals surface area contributed by atoms with Gasteiger partial charge in [-0.1, -0.05) is 46.0 Å². The van der Waals surface area contributed by atoms with Crippen LogP contribution in [0.15, 0.2) is 0 Å². The Labute approximate surface area is 324 Å². The summed E-state index contributed by atoms with van der Waals surface area (Å²) in [6.45, 7) is 2.91. The summed E-state index contributed by atoms with van der Waals surface area (Å²) < 4.78 is 89.2. The van der Waals surface area contributed by atoms with Gasteiger partial charge >= 0.3 is 33.3 Å². The quantitative estimate of drug-likeness (QED) is 0.119. The van der Waals surface area contributed by atoms with Crippen LogP contribution >= 0.6 is 0 Å². The van der Waals surface area contributed by atoms with Gasteiger partial charge in [-0.2, -0.15) is 17.2 Å². The molecule has 1 saturated heterocycles. The topological polar surface area (TPSA) is 152 Å². The monoisotopic (exact) mass is 800 g/mol. The molecule has 8 unspecified atom stereocenters. The van der Waals surface area contributed by atoms with E-state index in [-0.39, 0.29) is 62.5 Å². The molecule has 6 aliphatic carbocycles. The molecule has 0 aromatic heterocycles. The highest BCUT2D eigenvalue weighted by Gasteiger charge is 2.55. The fourth-order valence-electron chi connectivity index (χ4n) is 12.5. The summed E-state index contributed by atoms with van der Waals surface area (Å²) in [5.41, 5.74) is -2.54. The number of carbonyl (C=O) groups excluding carboxylic acids is 3. The van der Waals surface area contributed by atoms with Crippen LogP contribution in [-0.2, 0) is 48.2 Å². The Balaban J connectivity index is 1.02. The number of alkyl halides is 2. The predicted molar refractivity (Wildman–Crippen MR) is 195 cm³/mol. The first kappa shape index (κ1) is 41.3. The minimum Gasteiger partial charge on any atom is -0.465 e. The molecule has 6 saturated carbocycles. The van der Waals surface area contributed by atoms with Gasteiger partial charge in [0, 0.05) is 5.92 Å². The first-order valence-corrected chi connectivity index (χ1v) is 22.6. The maximum absolute atomic E-state index is 14.0. The second kappa shape index (κ2) is 16.0. The van der Waals surface area contributed by atoms with E-state index < -0.39 is 50.5 Å². The molecule has 1 N–H and O–H groups in total. The lowest BCUT2D eigenvalue weighted by Gasteiger charge is -2.50. The van der Waals surface area contributed by atoms with E-state index in [4.69, 9.17) is 28.2 Å². The van der Waals surface area contributed by atoms with E-state index >= 15 is 0 Å². The van der Waals surface area contributed by atoms with Gasteiger partial charge in [0.1, 0.15) is 13.2 Å². The number of fused-ring (bicyclic) bond motifs is 6. The molecule has 8 atom stereocenters. The number of ether oxygens (including phenoxy) is 5. The van der Waals surface area contributed by atoms with E-state index in [2.05, 4.69) is 13.8 Å². The largest absolute Gasteiger partial charge is 0.465 e. The lowest BCUT2D eigenvalue weighted by molar-refractivity contribution is -0.275. The van der Waals surface area contributed by atoms with Gasteiger partial charge in [0.2, 0.25) is 0 Å². The molecule has 1 aliphatic heterocycles. The zero-order valence-electron chi connectivity index (χ0n) is 32.7. The smallest absolute Gasteiger partial charge is 0.402 e. The Morgan fingerprint density at radius 2 is 1.40 bits per heavy atom. The number of hydrogen-bond acceptors (Lipinski definition) is 10. The first-order chi connectivity index (χ1) is 26.0. The van der Waals surface area contributed by atoms with E-state index in [1.165, 1.54) is 6.42 Å². The maximum atomic E-state index is 14.0. The summed E-state index contributed by atoms with van der Waals surface area (Å²) >= 11 is 0. The van der Waals surface area contributed by atoms with Crippen molar-refractivity contribution in [2.45, 2.75) is 141 Å². The molecule has 0 aromatic rings. The highest BCUT2D eigenvalue weighted by atomic mass is 32.2. The number of carbonyl (C=O) groups is 3. The van der Waals surface area contributed by atoms with Crippen LogP contribution in [0.1, 0.15) is 129 Å². The van der Waals surface area contributed by atoms with E-state index in [0.717, 1.165) is 77.0 Å². The number of esters is 3. The third-order valence-electron chi connectivity index (χ3n) is 15.1. The Hall–Kier alpha value is -1.90. The fourth-order valence-corrected chi connectivity index (χ4v) is 12.7. The van der Waals surface area contributed by atoms with Crippen molar-refractivity contribution in [1.82, 2.24) is 0 Å². The minimum absolute atomic E-state index is 0.0194. The molecule has 0 spiro atoms. The van der Waals surface area contributed by atoms with Gasteiger partial charge in [-0.05, 0) is 119 Å². The summed E-state index contributed by atoms with van der Waals surface area (Å²) in [5.74, 6) is 1.25. The van der Waals surface area contributed by atoms with Crippen LogP contribution in [0.2, 0.25) is 0 Å². The average molecular weight is 801 g/mol. The summed E-state index contributed by atoms with van der Waals surface area (Å²) in [7, 11) is -5.75. The summed E-state index contributed by atoms with van der Waals surface area (Å²) in [6, 6.07) is 0. The van der Waals surface area contributed by atoms with Gasteiger partial charge in [0.05, 0.1) is 35.4 Å². The number of rotatable bonds is 12. The van der Waals surface area contributed by atoms with Crippen LogP contribution < -0.4 is 0 Å². The summed E-state index contributed by atoms with van der Waals surface area (Å²) in [4.78, 5) is 41.0. The Morgan fingerprint density at radius 1 is 0.764 bits per heavy atom. The minimum atomic E-state index is -5.75. The number of hydrogen-bond donors (Lipinski definition) is 1. The standard InChI is InChI=1S/C41H62F2O11S/c1-3-30-8-11-39(9-5-7-31(30)19-39)36(45)53-24-38(21-50-34(44)32-16-28-12-26(2)13-29(14-28)17-32)22-51-35(52-23-38)33-15-27-6-4-10-40(18-27,20-33)37(46)54-25-41(42,43)55(47,48)49/h26-33,35H,3-25H2,1-2H3,(H,47,48,49). The van der Waals surface area contributed by atoms with Gasteiger partial charge in [0.15, 0.2) is 12.9 Å². The lowest BCUT2D eigenvalue weighted by Crippen LogP contribution is -2.54. The normalized spacial score (nSPS) is 41.8. The second-order valence-corrected chi connectivity index (χ2v) is 20.9. The Morgan fingerprint density at radius 3 is 2.09 bits per heavy atom. The van der Waals surface area contributed by atoms with E-state index in [1.54, 1.807) is 0 Å². The average Bonchev–Trinajstić information content (AvgIpc) is 3.14. The zero-order chi connectivity index (χ0) is 39.2. The molecular weight excluding hydrogens is 739 g/mol. The molecule has 7 rings (SSSR count). The highest BCUT2D eigenvalue weighted by Crippen LogP contribution is 2.55. The predicted octanol–water partition coefficient (Wildman–Crippen LogP) is 7.50. The number of halogens is 2. The third kappa shape index (κ3) is 8.77. The zero-order valence-corrected chi connectivity index (χ0v) is 33.5. The van der Waals surface area contributed by atoms with Gasteiger partial charge in [0.25, 0.3) is 0 Å². The molecule has 0 radical (unpaired) electrons. The highest BCUT2D eigenvalue weighted by molar-refractivity contribution is 7.86. The van der Waals surface area contributed by atoms with Crippen molar-refractivity contribution in [2.24, 2.45) is 63.6 Å². The molecule has 6 bridgehead atoms. The molecule has 1 heterocycles. The van der Waals surface area contributed by atoms with Crippen molar-refractivity contribution in [2.75, 3.05) is 33.0 Å². The molecule has 11 nitrogen and oxygen atoms in total. The van der Waals surface area contributed by atoms with Crippen molar-refractivity contribution in [3.8, 4) is 0 Å². The molecular formula is C41H62F2O11S. The van der Waals surface area contributed by atoms with E-state index in [1.807, 2.05) is 0 Å². The van der Waals surface area contributed by atoms with Crippen molar-refractivity contribution in [3.05, 3.63) is 0 Å². The van der Waals surface area contributed by atoms with Gasteiger partial charge < -0.3 is 23.7 Å².